The van der Waals surface area contributed by atoms with Crippen LogP contribution in [0.2, 0.25) is 0 Å². The van der Waals surface area contributed by atoms with Crippen LogP contribution in [0.15, 0.2) is 91.4 Å². The number of H-pyrrole nitrogens is 3. The topological polar surface area (TPSA) is 358 Å². The van der Waals surface area contributed by atoms with E-state index in [0.717, 1.165) is 58.4 Å². The Balaban J connectivity index is 1.11. The minimum Gasteiger partial charge on any atom is -0.481 e. The molecule has 0 spiro atoms. The molecule has 6 aromatic rings. The largest absolute Gasteiger partial charge is 0.481 e. The third kappa shape index (κ3) is 18.0. The molecule has 4 heterocycles. The molecular formula is C66H88N12O12. The molecule has 0 unspecified atom stereocenters. The maximum Gasteiger partial charge on any atom is 0.326 e. The lowest BCUT2D eigenvalue weighted by molar-refractivity contribution is -0.142. The number of amides is 9. The molecule has 0 aliphatic carbocycles. The van der Waals surface area contributed by atoms with Crippen LogP contribution >= 0.6 is 0 Å². The van der Waals surface area contributed by atoms with Gasteiger partial charge in [0, 0.05) is 83.7 Å². The highest BCUT2D eigenvalue weighted by molar-refractivity contribution is 6.00. The second-order valence-electron chi connectivity index (χ2n) is 24.7. The Morgan fingerprint density at radius 2 is 0.867 bits per heavy atom. The van der Waals surface area contributed by atoms with Gasteiger partial charge in [-0.2, -0.15) is 0 Å². The molecule has 0 radical (unpaired) electrons. The number of nitrogens with zero attached hydrogens (tertiary/aromatic N) is 1. The monoisotopic (exact) mass is 1240 g/mol. The van der Waals surface area contributed by atoms with Gasteiger partial charge in [-0.3, -0.25) is 38.4 Å². The molecule has 13 N–H and O–H groups in total. The van der Waals surface area contributed by atoms with Crippen molar-refractivity contribution in [1.29, 1.82) is 0 Å². The van der Waals surface area contributed by atoms with Gasteiger partial charge < -0.3 is 72.6 Å². The van der Waals surface area contributed by atoms with E-state index in [1.54, 1.807) is 78.9 Å². The zero-order valence-electron chi connectivity index (χ0n) is 52.6. The number of para-hydroxylation sites is 3. The molecule has 3 aromatic heterocycles. The van der Waals surface area contributed by atoms with Crippen molar-refractivity contribution in [2.75, 3.05) is 13.1 Å². The van der Waals surface area contributed by atoms with Gasteiger partial charge in [0.1, 0.15) is 47.8 Å². The van der Waals surface area contributed by atoms with Crippen LogP contribution in [0.5, 0.6) is 0 Å². The van der Waals surface area contributed by atoms with E-state index in [2.05, 4.69) is 57.5 Å². The van der Waals surface area contributed by atoms with Crippen LogP contribution in [0.3, 0.4) is 0 Å². The van der Waals surface area contributed by atoms with E-state index < -0.39 is 125 Å². The lowest BCUT2D eigenvalue weighted by atomic mass is 9.94. The fourth-order valence-corrected chi connectivity index (χ4v) is 11.3. The maximum absolute atomic E-state index is 15.0. The first-order valence-electron chi connectivity index (χ1n) is 31.2. The third-order valence-corrected chi connectivity index (χ3v) is 17.0. The van der Waals surface area contributed by atoms with Crippen molar-refractivity contribution >= 4 is 92.0 Å². The van der Waals surface area contributed by atoms with Gasteiger partial charge in [-0.25, -0.2) is 9.59 Å². The quantitative estimate of drug-likeness (QED) is 0.0262. The molecule has 1 aliphatic heterocycles. The van der Waals surface area contributed by atoms with Crippen molar-refractivity contribution in [3.63, 3.8) is 0 Å². The number of carboxylic acids is 2. The van der Waals surface area contributed by atoms with E-state index in [0.29, 0.717) is 42.6 Å². The summed E-state index contributed by atoms with van der Waals surface area (Å²) in [5, 5.41) is 44.5. The number of rotatable bonds is 30. The van der Waals surface area contributed by atoms with Crippen LogP contribution < -0.4 is 42.5 Å². The van der Waals surface area contributed by atoms with E-state index in [1.165, 1.54) is 0 Å². The summed E-state index contributed by atoms with van der Waals surface area (Å²) in [7, 11) is 0. The Kier molecular flexibility index (Phi) is 23.7. The zero-order chi connectivity index (χ0) is 65.4. The number of benzene rings is 3. The fraction of sp³-hybridized carbons (Fsp3) is 0.485. The number of hydrogen-bond acceptors (Lipinski definition) is 10. The predicted octanol–water partition coefficient (Wildman–Crippen LogP) is 5.61. The summed E-state index contributed by atoms with van der Waals surface area (Å²) in [6, 6.07) is 11.5. The van der Waals surface area contributed by atoms with Crippen LogP contribution in [-0.2, 0) is 62.4 Å². The molecule has 7 rings (SSSR count). The van der Waals surface area contributed by atoms with E-state index in [1.807, 2.05) is 72.8 Å². The summed E-state index contributed by atoms with van der Waals surface area (Å²) in [5.41, 5.74) is 2.72. The molecular weight excluding hydrogens is 1150 g/mol. The summed E-state index contributed by atoms with van der Waals surface area (Å²) in [5.74, 6) is -10.1. The van der Waals surface area contributed by atoms with Crippen LogP contribution in [0.4, 0.5) is 4.79 Å². The molecule has 24 nitrogen and oxygen atoms in total. The lowest BCUT2D eigenvalue weighted by Gasteiger charge is -2.31. The van der Waals surface area contributed by atoms with Crippen molar-refractivity contribution in [2.45, 2.75) is 174 Å². The standard InChI is InChI=1S/C66H88N12O12/c1-9-38(5)55(61(85)73-53(63(87)88)32-42-36-69-48-26-18-15-23-45(42)48)76-62(86)56(39(6)10-2)75-60(84)52(33-54(79)80)72-57(81)49(29-37(3)4)70-58(82)50(30-40-34-67-46-24-16-13-21-43(40)46)71-59(83)51(31-41-35-68-47-25-17-14-22-44(41)47)74-64(89)66(7,8)77-65(90)78-27-19-11-12-20-28-78/h13-18,21-26,34-39,49-53,55-56,67-69H,9-12,19-20,27-33H2,1-8H3,(H,70,82)(H,71,83)(H,72,81)(H,73,85)(H,74,89)(H,75,84)(H,76,86)(H,77,90)(H,79,80)(H,87,88)/t38-,39-,49-,50+,51+,52-,53-,55-,56-/m0/s1. The minimum absolute atomic E-state index is 0.0360. The molecule has 9 atom stereocenters. The first-order chi connectivity index (χ1) is 42.9. The molecule has 9 amide bonds. The van der Waals surface area contributed by atoms with Crippen molar-refractivity contribution in [1.82, 2.24) is 62.4 Å². The number of urea groups is 1. The number of carbonyl (C=O) groups is 10. The summed E-state index contributed by atoms with van der Waals surface area (Å²) >= 11 is 0. The van der Waals surface area contributed by atoms with E-state index >= 15 is 9.59 Å². The molecule has 24 heteroatoms. The molecule has 1 fully saturated rings. The highest BCUT2D eigenvalue weighted by atomic mass is 16.4. The molecule has 1 saturated heterocycles. The SMILES string of the molecule is CC[C@H](C)[C@H](NC(=O)[C@H](CC(=O)O)NC(=O)[C@H](CC(C)C)NC(=O)[C@@H](Cc1c[nH]c2ccccc12)NC(=O)[C@@H](Cc1c[nH]c2ccccc12)NC(=O)C(C)(C)NC(=O)N1CCCCCC1)C(=O)N[C@H](C(=O)N[C@@H](Cc1c[nH]c2ccccc12)C(=O)O)[C@@H](C)CC. The van der Waals surface area contributed by atoms with Crippen LogP contribution in [0.1, 0.15) is 123 Å². The minimum atomic E-state index is -1.82. The molecule has 90 heavy (non-hydrogen) atoms. The van der Waals surface area contributed by atoms with Gasteiger partial charge >= 0.3 is 18.0 Å². The Bertz CT molecular complexity index is 3530. The van der Waals surface area contributed by atoms with Crippen molar-refractivity contribution in [2.24, 2.45) is 17.8 Å². The summed E-state index contributed by atoms with van der Waals surface area (Å²) in [6.45, 7) is 14.6. The van der Waals surface area contributed by atoms with Gasteiger partial charge in [0.2, 0.25) is 41.4 Å². The average Bonchev–Trinajstić information content (AvgIpc) is 2.45. The van der Waals surface area contributed by atoms with Crippen LogP contribution in [-0.4, -0.2) is 150 Å². The van der Waals surface area contributed by atoms with Gasteiger partial charge in [-0.15, -0.1) is 0 Å². The van der Waals surface area contributed by atoms with Gasteiger partial charge in [-0.05, 0) is 85.8 Å². The second kappa shape index (κ2) is 31.3. The number of hydrogen-bond donors (Lipinski definition) is 13. The van der Waals surface area contributed by atoms with E-state index in [-0.39, 0.29) is 31.6 Å². The number of carbonyl (C=O) groups excluding carboxylic acids is 8. The van der Waals surface area contributed by atoms with Crippen molar-refractivity contribution in [3.05, 3.63) is 108 Å². The highest BCUT2D eigenvalue weighted by Crippen LogP contribution is 2.24. The molecule has 3 aromatic carbocycles. The summed E-state index contributed by atoms with van der Waals surface area (Å²) in [4.78, 5) is 152. The van der Waals surface area contributed by atoms with Gasteiger partial charge in [0.05, 0.1) is 6.42 Å². The molecule has 0 bridgehead atoms. The van der Waals surface area contributed by atoms with E-state index in [4.69, 9.17) is 0 Å². The number of aromatic amines is 3. The highest BCUT2D eigenvalue weighted by Gasteiger charge is 2.39. The number of carboxylic acid groups (broad SMARTS) is 2. The number of aliphatic carboxylic acids is 2. The van der Waals surface area contributed by atoms with Crippen LogP contribution in [0.25, 0.3) is 32.7 Å². The second-order valence-corrected chi connectivity index (χ2v) is 24.7. The van der Waals surface area contributed by atoms with E-state index in [9.17, 15) is 48.6 Å². The Morgan fingerprint density at radius 3 is 1.31 bits per heavy atom. The predicted molar refractivity (Wildman–Crippen MR) is 340 cm³/mol. The van der Waals surface area contributed by atoms with Gasteiger partial charge in [0.15, 0.2) is 0 Å². The smallest absolute Gasteiger partial charge is 0.326 e. The zero-order valence-corrected chi connectivity index (χ0v) is 52.6. The van der Waals surface area contributed by atoms with Gasteiger partial charge in [-0.1, -0.05) is 122 Å². The van der Waals surface area contributed by atoms with Crippen molar-refractivity contribution in [3.8, 4) is 0 Å². The Morgan fingerprint density at radius 1 is 0.489 bits per heavy atom. The van der Waals surface area contributed by atoms with Gasteiger partial charge in [0.25, 0.3) is 0 Å². The lowest BCUT2D eigenvalue weighted by Crippen LogP contribution is -2.63. The number of likely N-dealkylation sites (tertiary alicyclic amines) is 1. The Hall–Kier alpha value is -9.22. The summed E-state index contributed by atoms with van der Waals surface area (Å²) < 4.78 is 0. The number of nitrogens with one attached hydrogen (secondary N) is 11. The van der Waals surface area contributed by atoms with Crippen molar-refractivity contribution < 1.29 is 58.2 Å². The third-order valence-electron chi connectivity index (χ3n) is 17.0. The number of aromatic nitrogens is 3. The maximum atomic E-state index is 15.0. The number of fused-ring (bicyclic) bond motifs is 3. The molecule has 484 valence electrons. The average molecular weight is 1240 g/mol. The first kappa shape index (κ1) is 68.3. The molecule has 1 aliphatic rings. The fourth-order valence-electron chi connectivity index (χ4n) is 11.3. The normalized spacial score (nSPS) is 15.8. The van der Waals surface area contributed by atoms with Crippen LogP contribution in [0, 0.1) is 17.8 Å². The molecule has 0 saturated carbocycles. The first-order valence-corrected chi connectivity index (χ1v) is 31.2. The Labute approximate surface area is 523 Å². The summed E-state index contributed by atoms with van der Waals surface area (Å²) in [6.07, 6.45) is 8.15.